The molecule has 5 nitrogen and oxygen atoms in total. The first-order chi connectivity index (χ1) is 16.0. The molecule has 7 rings (SSSR count). The van der Waals surface area contributed by atoms with Crippen LogP contribution in [0.15, 0.2) is 18.2 Å². The third kappa shape index (κ3) is 4.00. The summed E-state index contributed by atoms with van der Waals surface area (Å²) in [5.41, 5.74) is 2.93. The highest BCUT2D eigenvalue weighted by Gasteiger charge is 2.51. The molecule has 178 valence electrons. The first-order valence-electron chi connectivity index (χ1n) is 13.4. The lowest BCUT2D eigenvalue weighted by molar-refractivity contribution is -0.124. The molecule has 0 radical (unpaired) electrons. The van der Waals surface area contributed by atoms with Gasteiger partial charge in [0.15, 0.2) is 0 Å². The lowest BCUT2D eigenvalue weighted by Crippen LogP contribution is -2.49. The first kappa shape index (κ1) is 21.6. The number of benzene rings is 1. The van der Waals surface area contributed by atoms with Gasteiger partial charge < -0.3 is 15.5 Å². The van der Waals surface area contributed by atoms with Crippen LogP contribution in [-0.4, -0.2) is 42.4 Å². The summed E-state index contributed by atoms with van der Waals surface area (Å²) in [6.45, 7) is 5.07. The van der Waals surface area contributed by atoms with E-state index in [1.807, 2.05) is 18.2 Å². The molecule has 1 unspecified atom stereocenters. The summed E-state index contributed by atoms with van der Waals surface area (Å²) >= 11 is 0. The molecule has 1 atom stereocenters. The lowest BCUT2D eigenvalue weighted by Gasteiger charge is -2.56. The molecular weight excluding hydrogens is 410 g/mol. The maximum atomic E-state index is 13.4. The molecule has 1 aromatic rings. The number of nitrogens with zero attached hydrogens (tertiary/aromatic N) is 1. The smallest absolute Gasteiger partial charge is 0.254 e. The van der Waals surface area contributed by atoms with Crippen molar-refractivity contribution in [3.8, 4) is 0 Å². The number of fused-ring (bicyclic) bond motifs is 1. The zero-order chi connectivity index (χ0) is 22.6. The Morgan fingerprint density at radius 2 is 1.79 bits per heavy atom. The third-order valence-electron chi connectivity index (χ3n) is 9.80. The van der Waals surface area contributed by atoms with Crippen molar-refractivity contribution in [1.29, 1.82) is 0 Å². The molecule has 0 aromatic heterocycles. The van der Waals surface area contributed by atoms with Gasteiger partial charge in [0.1, 0.15) is 0 Å². The van der Waals surface area contributed by atoms with Gasteiger partial charge in [0.25, 0.3) is 5.91 Å². The van der Waals surface area contributed by atoms with Crippen molar-refractivity contribution < 1.29 is 9.59 Å². The summed E-state index contributed by atoms with van der Waals surface area (Å²) in [6, 6.07) is 6.15. The van der Waals surface area contributed by atoms with Crippen LogP contribution in [0.3, 0.4) is 0 Å². The fourth-order valence-electron chi connectivity index (χ4n) is 8.67. The first-order valence-corrected chi connectivity index (χ1v) is 13.4. The van der Waals surface area contributed by atoms with E-state index < -0.39 is 0 Å². The minimum Gasteiger partial charge on any atom is -0.335 e. The molecule has 6 aliphatic rings. The summed E-state index contributed by atoms with van der Waals surface area (Å²) in [7, 11) is 0. The summed E-state index contributed by atoms with van der Waals surface area (Å²) in [5.74, 6) is 3.44. The number of anilines is 1. The zero-order valence-corrected chi connectivity index (χ0v) is 20.1. The normalized spacial score (nSPS) is 34.3. The van der Waals surface area contributed by atoms with Gasteiger partial charge in [-0.2, -0.15) is 0 Å². The Kier molecular flexibility index (Phi) is 5.51. The van der Waals surface area contributed by atoms with Crippen molar-refractivity contribution in [3.05, 3.63) is 29.3 Å². The summed E-state index contributed by atoms with van der Waals surface area (Å²) in [6.07, 6.45) is 11.7. The van der Waals surface area contributed by atoms with E-state index in [2.05, 4.69) is 22.5 Å². The molecule has 0 spiro atoms. The molecule has 33 heavy (non-hydrogen) atoms. The second-order valence-electron chi connectivity index (χ2n) is 12.1. The monoisotopic (exact) mass is 449 g/mol. The molecular formula is C28H39N3O2. The second kappa shape index (κ2) is 8.41. The molecule has 4 saturated carbocycles. The minimum absolute atomic E-state index is 0.138. The quantitative estimate of drug-likeness (QED) is 0.690. The number of nitrogens with one attached hydrogen (secondary N) is 2. The Bertz CT molecular complexity index is 900. The fraction of sp³-hybridized carbons (Fsp3) is 0.714. The Morgan fingerprint density at radius 1 is 1.12 bits per heavy atom. The fourth-order valence-corrected chi connectivity index (χ4v) is 8.67. The van der Waals surface area contributed by atoms with Gasteiger partial charge in [-0.25, -0.2) is 0 Å². The van der Waals surface area contributed by atoms with Crippen LogP contribution in [0.1, 0.15) is 80.6 Å². The van der Waals surface area contributed by atoms with Crippen LogP contribution in [0.5, 0.6) is 0 Å². The molecule has 1 saturated heterocycles. The van der Waals surface area contributed by atoms with Crippen LogP contribution in [0.25, 0.3) is 0 Å². The van der Waals surface area contributed by atoms with Gasteiger partial charge in [0.05, 0.1) is 0 Å². The second-order valence-corrected chi connectivity index (χ2v) is 12.1. The molecule has 2 heterocycles. The molecule has 2 aliphatic heterocycles. The summed E-state index contributed by atoms with van der Waals surface area (Å²) in [4.78, 5) is 28.7. The largest absolute Gasteiger partial charge is 0.335 e. The number of hydrogen-bond donors (Lipinski definition) is 2. The van der Waals surface area contributed by atoms with Crippen molar-refractivity contribution in [3.63, 3.8) is 0 Å². The predicted octanol–water partition coefficient (Wildman–Crippen LogP) is 4.62. The van der Waals surface area contributed by atoms with Crippen LogP contribution in [0.2, 0.25) is 0 Å². The van der Waals surface area contributed by atoms with Crippen LogP contribution >= 0.6 is 0 Å². The van der Waals surface area contributed by atoms with Gasteiger partial charge in [0.2, 0.25) is 5.91 Å². The minimum atomic E-state index is 0.138. The SMILES string of the molecule is CC(C1CCNCC1)N1CCc2c(NC(=O)CC34CC5CC(CC(C5)C3)C4)cccc2C1=O. The van der Waals surface area contributed by atoms with Gasteiger partial charge in [0, 0.05) is 30.3 Å². The molecule has 5 heteroatoms. The predicted molar refractivity (Wildman–Crippen MR) is 130 cm³/mol. The highest BCUT2D eigenvalue weighted by atomic mass is 16.2. The lowest BCUT2D eigenvalue weighted by atomic mass is 9.49. The Balaban J connectivity index is 1.15. The number of hydrogen-bond acceptors (Lipinski definition) is 3. The highest BCUT2D eigenvalue weighted by molar-refractivity contribution is 6.00. The van der Waals surface area contributed by atoms with Gasteiger partial charge >= 0.3 is 0 Å². The Hall–Kier alpha value is -1.88. The average Bonchev–Trinajstić information content (AvgIpc) is 2.78. The highest BCUT2D eigenvalue weighted by Crippen LogP contribution is 2.61. The van der Waals surface area contributed by atoms with E-state index >= 15 is 0 Å². The van der Waals surface area contributed by atoms with Crippen LogP contribution in [-0.2, 0) is 11.2 Å². The summed E-state index contributed by atoms with van der Waals surface area (Å²) < 4.78 is 0. The maximum absolute atomic E-state index is 13.4. The van der Waals surface area contributed by atoms with Crippen molar-refractivity contribution >= 4 is 17.5 Å². The number of carbonyl (C=O) groups is 2. The standard InChI is InChI=1S/C28H39N3O2/c1-18(22-5-8-29-9-6-22)31-10-7-23-24(27(31)33)3-2-4-25(23)30-26(32)17-28-14-19-11-20(15-28)13-21(12-19)16-28/h2-4,18-22,29H,5-17H2,1H3,(H,30,32). The number of piperidine rings is 1. The van der Waals surface area contributed by atoms with Crippen LogP contribution in [0.4, 0.5) is 5.69 Å². The zero-order valence-electron chi connectivity index (χ0n) is 20.1. The van der Waals surface area contributed by atoms with Crippen LogP contribution in [0, 0.1) is 29.1 Å². The molecule has 1 aromatic carbocycles. The van der Waals surface area contributed by atoms with E-state index in [0.29, 0.717) is 12.3 Å². The molecule has 2 N–H and O–H groups in total. The number of amides is 2. The van der Waals surface area contributed by atoms with E-state index in [0.717, 1.165) is 73.5 Å². The van der Waals surface area contributed by atoms with Gasteiger partial charge in [-0.05, 0) is 125 Å². The number of carbonyl (C=O) groups excluding carboxylic acids is 2. The topological polar surface area (TPSA) is 61.4 Å². The van der Waals surface area contributed by atoms with Gasteiger partial charge in [-0.15, -0.1) is 0 Å². The molecule has 4 aliphatic carbocycles. The maximum Gasteiger partial charge on any atom is 0.254 e. The average molecular weight is 450 g/mol. The van der Waals surface area contributed by atoms with E-state index in [1.165, 1.54) is 38.5 Å². The Labute approximate surface area is 198 Å². The van der Waals surface area contributed by atoms with E-state index in [9.17, 15) is 9.59 Å². The van der Waals surface area contributed by atoms with E-state index in [4.69, 9.17) is 0 Å². The summed E-state index contributed by atoms with van der Waals surface area (Å²) in [5, 5.41) is 6.68. The molecule has 5 fully saturated rings. The molecule has 2 amide bonds. The van der Waals surface area contributed by atoms with E-state index in [1.54, 1.807) is 0 Å². The van der Waals surface area contributed by atoms with Crippen LogP contribution < -0.4 is 10.6 Å². The van der Waals surface area contributed by atoms with Crippen molar-refractivity contribution in [1.82, 2.24) is 10.2 Å². The third-order valence-corrected chi connectivity index (χ3v) is 9.80. The van der Waals surface area contributed by atoms with Crippen molar-refractivity contribution in [2.24, 2.45) is 29.1 Å². The van der Waals surface area contributed by atoms with Gasteiger partial charge in [-0.1, -0.05) is 6.07 Å². The van der Waals surface area contributed by atoms with Crippen molar-refractivity contribution in [2.45, 2.75) is 77.2 Å². The Morgan fingerprint density at radius 3 is 2.45 bits per heavy atom. The van der Waals surface area contributed by atoms with Gasteiger partial charge in [-0.3, -0.25) is 9.59 Å². The molecule has 4 bridgehead atoms. The van der Waals surface area contributed by atoms with E-state index in [-0.39, 0.29) is 23.3 Å². The van der Waals surface area contributed by atoms with Crippen molar-refractivity contribution in [2.75, 3.05) is 25.0 Å². The number of rotatable bonds is 5.